The van der Waals surface area contributed by atoms with Gasteiger partial charge in [0.25, 0.3) is 0 Å². The van der Waals surface area contributed by atoms with Crippen LogP contribution in [-0.2, 0) is 0 Å². The molecule has 0 aliphatic rings. The van der Waals surface area contributed by atoms with Crippen molar-refractivity contribution in [2.24, 2.45) is 11.3 Å². The van der Waals surface area contributed by atoms with Crippen molar-refractivity contribution < 1.29 is 4.92 Å². The minimum absolute atomic E-state index is 0.00303. The lowest BCUT2D eigenvalue weighted by molar-refractivity contribution is -0.384. The van der Waals surface area contributed by atoms with Gasteiger partial charge in [-0.1, -0.05) is 20.8 Å². The molecule has 0 amide bonds. The molecule has 1 aromatic rings. The molecule has 0 fully saturated rings. The van der Waals surface area contributed by atoms with Crippen molar-refractivity contribution in [2.45, 2.75) is 33.7 Å². The van der Waals surface area contributed by atoms with Crippen molar-refractivity contribution in [1.29, 1.82) is 0 Å². The monoisotopic (exact) mass is 254 g/mol. The molecule has 100 valence electrons. The first-order valence-corrected chi connectivity index (χ1v) is 5.50. The lowest BCUT2D eigenvalue weighted by atomic mass is 9.88. The van der Waals surface area contributed by atoms with Crippen molar-refractivity contribution in [3.63, 3.8) is 0 Å². The first-order valence-electron chi connectivity index (χ1n) is 5.50. The molecule has 1 atom stereocenters. The number of nitrogens with two attached hydrogens (primary N) is 1. The largest absolute Gasteiger partial charge is 0.361 e. The van der Waals surface area contributed by atoms with Crippen molar-refractivity contribution in [3.8, 4) is 0 Å². The number of nitrogen functional groups attached to an aromatic ring is 1. The summed E-state index contributed by atoms with van der Waals surface area (Å²) in [5, 5.41) is 13.9. The number of nitrogens with one attached hydrogen (secondary N) is 2. The molecule has 1 rings (SSSR count). The Labute approximate surface area is 105 Å². The van der Waals surface area contributed by atoms with Crippen molar-refractivity contribution >= 4 is 17.5 Å². The quantitative estimate of drug-likeness (QED) is 0.423. The minimum Gasteiger partial charge on any atom is -0.361 e. The van der Waals surface area contributed by atoms with Gasteiger partial charge in [0.2, 0.25) is 11.8 Å². The van der Waals surface area contributed by atoms with Crippen LogP contribution < -0.4 is 16.6 Å². The van der Waals surface area contributed by atoms with Gasteiger partial charge in [-0.15, -0.1) is 0 Å². The zero-order valence-corrected chi connectivity index (χ0v) is 10.9. The van der Waals surface area contributed by atoms with Gasteiger partial charge in [-0.3, -0.25) is 15.5 Å². The maximum atomic E-state index is 10.9. The Bertz CT molecular complexity index is 442. The molecule has 0 radical (unpaired) electrons. The minimum atomic E-state index is -0.530. The van der Waals surface area contributed by atoms with Crippen LogP contribution in [0.4, 0.5) is 17.5 Å². The van der Waals surface area contributed by atoms with Crippen LogP contribution in [0.25, 0.3) is 0 Å². The molecular formula is C10H18N6O2. The first kappa shape index (κ1) is 14.1. The molecular weight excluding hydrogens is 236 g/mol. The van der Waals surface area contributed by atoms with E-state index >= 15 is 0 Å². The Morgan fingerprint density at radius 3 is 2.56 bits per heavy atom. The smallest absolute Gasteiger partial charge is 0.329 e. The number of anilines is 2. The standard InChI is InChI=1S/C10H18N6O2/c1-6(10(2,3)4)13-8-7(16(17)18)5-12-9(14-8)15-11/h5-6H,11H2,1-4H3,(H2,12,13,14,15). The third-order valence-corrected chi connectivity index (χ3v) is 2.75. The molecule has 1 aromatic heterocycles. The van der Waals surface area contributed by atoms with Crippen LogP contribution in [0.3, 0.4) is 0 Å². The first-order chi connectivity index (χ1) is 8.25. The lowest BCUT2D eigenvalue weighted by Gasteiger charge is -2.28. The van der Waals surface area contributed by atoms with E-state index in [1.807, 2.05) is 27.7 Å². The van der Waals surface area contributed by atoms with Crippen LogP contribution in [0.5, 0.6) is 0 Å². The average Bonchev–Trinajstić information content (AvgIpc) is 2.27. The Balaban J connectivity index is 3.08. The molecule has 1 heterocycles. The average molecular weight is 254 g/mol. The summed E-state index contributed by atoms with van der Waals surface area (Å²) in [5.74, 6) is 5.48. The van der Waals surface area contributed by atoms with E-state index in [9.17, 15) is 10.1 Å². The number of hydrogen-bond acceptors (Lipinski definition) is 7. The van der Waals surface area contributed by atoms with E-state index in [4.69, 9.17) is 5.84 Å². The number of nitrogens with zero attached hydrogens (tertiary/aromatic N) is 3. The Hall–Kier alpha value is -1.96. The third-order valence-electron chi connectivity index (χ3n) is 2.75. The lowest BCUT2D eigenvalue weighted by Crippen LogP contribution is -2.31. The number of nitro groups is 1. The molecule has 0 saturated carbocycles. The summed E-state index contributed by atoms with van der Waals surface area (Å²) >= 11 is 0. The summed E-state index contributed by atoms with van der Waals surface area (Å²) in [4.78, 5) is 18.0. The molecule has 0 aliphatic heterocycles. The van der Waals surface area contributed by atoms with Gasteiger partial charge in [0, 0.05) is 6.04 Å². The van der Waals surface area contributed by atoms with Gasteiger partial charge >= 0.3 is 5.69 Å². The SMILES string of the molecule is CC(Nc1nc(NN)ncc1[N+](=O)[O-])C(C)(C)C. The Morgan fingerprint density at radius 2 is 2.11 bits per heavy atom. The van der Waals surface area contributed by atoms with Gasteiger partial charge in [0.1, 0.15) is 6.20 Å². The summed E-state index contributed by atoms with van der Waals surface area (Å²) < 4.78 is 0. The van der Waals surface area contributed by atoms with E-state index in [1.165, 1.54) is 0 Å². The number of hydrazine groups is 1. The van der Waals surface area contributed by atoms with E-state index in [2.05, 4.69) is 20.7 Å². The van der Waals surface area contributed by atoms with E-state index in [1.54, 1.807) is 0 Å². The van der Waals surface area contributed by atoms with Crippen LogP contribution >= 0.6 is 0 Å². The normalized spacial score (nSPS) is 12.9. The summed E-state index contributed by atoms with van der Waals surface area (Å²) in [7, 11) is 0. The molecule has 0 aliphatic carbocycles. The molecule has 4 N–H and O–H groups in total. The second-order valence-electron chi connectivity index (χ2n) is 5.06. The molecule has 1 unspecified atom stereocenters. The number of aromatic nitrogens is 2. The second kappa shape index (κ2) is 5.13. The van der Waals surface area contributed by atoms with E-state index in [-0.39, 0.29) is 28.9 Å². The highest BCUT2D eigenvalue weighted by molar-refractivity contribution is 5.57. The van der Waals surface area contributed by atoms with Gasteiger partial charge < -0.3 is 5.32 Å². The fourth-order valence-electron chi connectivity index (χ4n) is 1.11. The topological polar surface area (TPSA) is 119 Å². The van der Waals surface area contributed by atoms with Crippen LogP contribution in [0.2, 0.25) is 0 Å². The van der Waals surface area contributed by atoms with Gasteiger partial charge in [0.15, 0.2) is 0 Å². The Kier molecular flexibility index (Phi) is 4.02. The highest BCUT2D eigenvalue weighted by atomic mass is 16.6. The van der Waals surface area contributed by atoms with Crippen molar-refractivity contribution in [1.82, 2.24) is 9.97 Å². The third kappa shape index (κ3) is 3.27. The van der Waals surface area contributed by atoms with Crippen molar-refractivity contribution in [3.05, 3.63) is 16.3 Å². The summed E-state index contributed by atoms with van der Waals surface area (Å²) in [5.41, 5.74) is 2.02. The van der Waals surface area contributed by atoms with E-state index in [0.717, 1.165) is 6.20 Å². The predicted octanol–water partition coefficient (Wildman–Crippen LogP) is 1.52. The summed E-state index contributed by atoms with van der Waals surface area (Å²) in [6, 6.07) is -0.00303. The van der Waals surface area contributed by atoms with Gasteiger partial charge in [0.05, 0.1) is 4.92 Å². The molecule has 0 saturated heterocycles. The van der Waals surface area contributed by atoms with Gasteiger partial charge in [-0.05, 0) is 12.3 Å². The number of hydrogen-bond donors (Lipinski definition) is 3. The van der Waals surface area contributed by atoms with Crippen LogP contribution in [0.15, 0.2) is 6.20 Å². The maximum Gasteiger partial charge on any atom is 0.329 e. The zero-order chi connectivity index (χ0) is 13.9. The zero-order valence-electron chi connectivity index (χ0n) is 10.9. The highest BCUT2D eigenvalue weighted by Gasteiger charge is 2.24. The molecule has 8 nitrogen and oxygen atoms in total. The molecule has 8 heteroatoms. The predicted molar refractivity (Wildman–Crippen MR) is 69.0 cm³/mol. The Morgan fingerprint density at radius 1 is 1.50 bits per heavy atom. The molecule has 0 aromatic carbocycles. The van der Waals surface area contributed by atoms with Crippen LogP contribution in [-0.4, -0.2) is 20.9 Å². The van der Waals surface area contributed by atoms with E-state index in [0.29, 0.717) is 0 Å². The molecule has 0 bridgehead atoms. The van der Waals surface area contributed by atoms with Gasteiger partial charge in [-0.25, -0.2) is 10.8 Å². The fraction of sp³-hybridized carbons (Fsp3) is 0.600. The molecule has 18 heavy (non-hydrogen) atoms. The highest BCUT2D eigenvalue weighted by Crippen LogP contribution is 2.27. The van der Waals surface area contributed by atoms with Crippen LogP contribution in [0, 0.1) is 15.5 Å². The van der Waals surface area contributed by atoms with Crippen molar-refractivity contribution in [2.75, 3.05) is 10.7 Å². The van der Waals surface area contributed by atoms with E-state index < -0.39 is 4.92 Å². The summed E-state index contributed by atoms with van der Waals surface area (Å²) in [6.07, 6.45) is 1.12. The maximum absolute atomic E-state index is 10.9. The summed E-state index contributed by atoms with van der Waals surface area (Å²) in [6.45, 7) is 8.01. The number of rotatable bonds is 4. The second-order valence-corrected chi connectivity index (χ2v) is 5.06. The fourth-order valence-corrected chi connectivity index (χ4v) is 1.11. The van der Waals surface area contributed by atoms with Crippen LogP contribution in [0.1, 0.15) is 27.7 Å². The molecule has 0 spiro atoms. The van der Waals surface area contributed by atoms with Gasteiger partial charge in [-0.2, -0.15) is 4.98 Å².